The summed E-state index contributed by atoms with van der Waals surface area (Å²) in [5, 5.41) is 13.1. The summed E-state index contributed by atoms with van der Waals surface area (Å²) in [6.07, 6.45) is 0. The predicted molar refractivity (Wildman–Crippen MR) is 126 cm³/mol. The number of ether oxygens (including phenoxy) is 2. The SMILES string of the molecule is COc1cc(C2C(C(=O)OCc3ccccc3)=C(C)Nc3c2c(=O)n(C)c(=O)n3C)ccc1O. The zero-order chi connectivity index (χ0) is 24.6. The Morgan fingerprint density at radius 3 is 2.47 bits per heavy atom. The summed E-state index contributed by atoms with van der Waals surface area (Å²) < 4.78 is 13.2. The molecule has 0 amide bonds. The second-order valence-electron chi connectivity index (χ2n) is 8.06. The second-order valence-corrected chi connectivity index (χ2v) is 8.06. The number of methoxy groups -OCH3 is 1. The molecule has 34 heavy (non-hydrogen) atoms. The first kappa shape index (κ1) is 22.9. The molecule has 0 fully saturated rings. The minimum Gasteiger partial charge on any atom is -0.504 e. The van der Waals surface area contributed by atoms with Gasteiger partial charge in [0, 0.05) is 19.8 Å². The topological polar surface area (TPSA) is 112 Å². The monoisotopic (exact) mass is 463 g/mol. The highest BCUT2D eigenvalue weighted by Crippen LogP contribution is 2.42. The van der Waals surface area contributed by atoms with E-state index in [4.69, 9.17) is 9.47 Å². The number of esters is 1. The van der Waals surface area contributed by atoms with E-state index in [1.165, 1.54) is 24.8 Å². The van der Waals surface area contributed by atoms with Gasteiger partial charge in [-0.2, -0.15) is 0 Å². The third-order valence-corrected chi connectivity index (χ3v) is 5.96. The van der Waals surface area contributed by atoms with Crippen molar-refractivity contribution in [3.05, 3.63) is 97.3 Å². The Balaban J connectivity index is 1.89. The average molecular weight is 463 g/mol. The minimum atomic E-state index is -0.862. The molecule has 1 aliphatic rings. The first-order chi connectivity index (χ1) is 16.2. The number of phenolic OH excluding ortho intramolecular Hbond substituents is 1. The number of nitrogens with one attached hydrogen (secondary N) is 1. The number of carbonyl (C=O) groups is 1. The minimum absolute atomic E-state index is 0.0558. The van der Waals surface area contributed by atoms with Gasteiger partial charge in [0.15, 0.2) is 11.5 Å². The zero-order valence-corrected chi connectivity index (χ0v) is 19.3. The number of rotatable bonds is 5. The number of allylic oxidation sites excluding steroid dienone is 1. The van der Waals surface area contributed by atoms with Crippen molar-refractivity contribution < 1.29 is 19.4 Å². The largest absolute Gasteiger partial charge is 0.504 e. The van der Waals surface area contributed by atoms with E-state index in [0.29, 0.717) is 17.1 Å². The van der Waals surface area contributed by atoms with Crippen LogP contribution in [0, 0.1) is 0 Å². The van der Waals surface area contributed by atoms with Gasteiger partial charge in [-0.1, -0.05) is 36.4 Å². The first-order valence-electron chi connectivity index (χ1n) is 10.6. The van der Waals surface area contributed by atoms with Gasteiger partial charge in [-0.3, -0.25) is 13.9 Å². The van der Waals surface area contributed by atoms with Gasteiger partial charge >= 0.3 is 11.7 Å². The number of phenols is 1. The molecule has 1 aromatic heterocycles. The highest BCUT2D eigenvalue weighted by atomic mass is 16.5. The molecule has 0 aliphatic carbocycles. The van der Waals surface area contributed by atoms with Crippen molar-refractivity contribution in [2.24, 2.45) is 14.1 Å². The summed E-state index contributed by atoms with van der Waals surface area (Å²) >= 11 is 0. The van der Waals surface area contributed by atoms with Crippen molar-refractivity contribution in [1.82, 2.24) is 9.13 Å². The number of aromatic nitrogens is 2. The molecule has 0 saturated heterocycles. The number of carbonyl (C=O) groups excluding carboxylic acids is 1. The van der Waals surface area contributed by atoms with Crippen LogP contribution in [-0.2, 0) is 30.2 Å². The average Bonchev–Trinajstić information content (AvgIpc) is 2.85. The molecule has 2 N–H and O–H groups in total. The van der Waals surface area contributed by atoms with E-state index in [0.717, 1.165) is 10.1 Å². The van der Waals surface area contributed by atoms with Gasteiger partial charge in [-0.25, -0.2) is 9.59 Å². The molecule has 1 unspecified atom stereocenters. The number of hydrogen-bond donors (Lipinski definition) is 2. The van der Waals surface area contributed by atoms with Crippen LogP contribution in [0.4, 0.5) is 5.82 Å². The van der Waals surface area contributed by atoms with E-state index in [1.807, 2.05) is 30.3 Å². The van der Waals surface area contributed by atoms with Crippen molar-refractivity contribution in [3.63, 3.8) is 0 Å². The van der Waals surface area contributed by atoms with Crippen molar-refractivity contribution in [2.45, 2.75) is 19.4 Å². The van der Waals surface area contributed by atoms with Crippen LogP contribution in [0.3, 0.4) is 0 Å². The Bertz CT molecular complexity index is 1420. The van der Waals surface area contributed by atoms with Crippen molar-refractivity contribution in [2.75, 3.05) is 12.4 Å². The summed E-state index contributed by atoms with van der Waals surface area (Å²) in [4.78, 5) is 39.2. The van der Waals surface area contributed by atoms with Crippen LogP contribution in [0.1, 0.15) is 29.5 Å². The Labute approximate surface area is 195 Å². The van der Waals surface area contributed by atoms with Crippen LogP contribution in [0.25, 0.3) is 0 Å². The van der Waals surface area contributed by atoms with E-state index < -0.39 is 23.1 Å². The van der Waals surface area contributed by atoms with Crippen molar-refractivity contribution in [3.8, 4) is 11.5 Å². The smallest absolute Gasteiger partial charge is 0.337 e. The highest BCUT2D eigenvalue weighted by Gasteiger charge is 2.37. The summed E-state index contributed by atoms with van der Waals surface area (Å²) in [7, 11) is 4.35. The van der Waals surface area contributed by atoms with E-state index >= 15 is 0 Å². The van der Waals surface area contributed by atoms with Crippen LogP contribution < -0.4 is 21.3 Å². The molecule has 1 aliphatic heterocycles. The Morgan fingerprint density at radius 1 is 1.09 bits per heavy atom. The van der Waals surface area contributed by atoms with Gasteiger partial charge < -0.3 is 19.9 Å². The second kappa shape index (κ2) is 8.93. The van der Waals surface area contributed by atoms with Crippen LogP contribution in [0.15, 0.2) is 69.4 Å². The fraction of sp³-hybridized carbons (Fsp3) is 0.240. The van der Waals surface area contributed by atoms with E-state index in [1.54, 1.807) is 26.1 Å². The third kappa shape index (κ3) is 3.85. The van der Waals surface area contributed by atoms with Crippen LogP contribution in [-0.4, -0.2) is 27.3 Å². The molecule has 9 heteroatoms. The molecule has 2 aromatic carbocycles. The fourth-order valence-corrected chi connectivity index (χ4v) is 4.17. The highest BCUT2D eigenvalue weighted by molar-refractivity contribution is 5.94. The maximum absolute atomic E-state index is 13.4. The maximum Gasteiger partial charge on any atom is 0.337 e. The standard InChI is InChI=1S/C25H25N3O6/c1-14-19(24(31)34-13-15-8-6-5-7-9-15)20(16-10-11-17(29)18(12-16)33-4)21-22(26-14)27(2)25(32)28(3)23(21)30/h5-12,20,26,29H,13H2,1-4H3. The molecule has 0 spiro atoms. The Morgan fingerprint density at radius 2 is 1.79 bits per heavy atom. The lowest BCUT2D eigenvalue weighted by atomic mass is 9.82. The molecule has 1 atom stereocenters. The summed E-state index contributed by atoms with van der Waals surface area (Å²) in [5.74, 6) is -1.06. The molecule has 3 aromatic rings. The molecule has 0 bridgehead atoms. The number of nitrogens with zero attached hydrogens (tertiary/aromatic N) is 2. The van der Waals surface area contributed by atoms with Gasteiger partial charge in [-0.15, -0.1) is 0 Å². The molecule has 0 saturated carbocycles. The van der Waals surface area contributed by atoms with Gasteiger partial charge in [0.2, 0.25) is 0 Å². The lowest BCUT2D eigenvalue weighted by Crippen LogP contribution is -2.43. The maximum atomic E-state index is 13.4. The van der Waals surface area contributed by atoms with Crippen LogP contribution in [0.2, 0.25) is 0 Å². The molecule has 0 radical (unpaired) electrons. The number of aromatic hydroxyl groups is 1. The van der Waals surface area contributed by atoms with Gasteiger partial charge in [0.25, 0.3) is 5.56 Å². The van der Waals surface area contributed by atoms with Gasteiger partial charge in [0.05, 0.1) is 24.2 Å². The Hall–Kier alpha value is -4.27. The van der Waals surface area contributed by atoms with Gasteiger partial charge in [0.1, 0.15) is 12.4 Å². The zero-order valence-electron chi connectivity index (χ0n) is 19.3. The normalized spacial score (nSPS) is 14.9. The Kier molecular flexibility index (Phi) is 6.02. The number of benzene rings is 2. The number of fused-ring (bicyclic) bond motifs is 1. The summed E-state index contributed by atoms with van der Waals surface area (Å²) in [6.45, 7) is 1.74. The van der Waals surface area contributed by atoms with E-state index in [-0.39, 0.29) is 29.2 Å². The molecule has 2 heterocycles. The molecule has 4 rings (SSSR count). The van der Waals surface area contributed by atoms with Crippen molar-refractivity contribution in [1.29, 1.82) is 0 Å². The lowest BCUT2D eigenvalue weighted by molar-refractivity contribution is -0.140. The van der Waals surface area contributed by atoms with Crippen molar-refractivity contribution >= 4 is 11.8 Å². The quantitative estimate of drug-likeness (QED) is 0.559. The van der Waals surface area contributed by atoms with Crippen LogP contribution in [0.5, 0.6) is 11.5 Å². The molecule has 176 valence electrons. The molecular formula is C25H25N3O6. The summed E-state index contributed by atoms with van der Waals surface area (Å²) in [6, 6.07) is 13.9. The molecule has 9 nitrogen and oxygen atoms in total. The van der Waals surface area contributed by atoms with E-state index in [9.17, 15) is 19.5 Å². The number of anilines is 1. The van der Waals surface area contributed by atoms with Gasteiger partial charge in [-0.05, 0) is 30.2 Å². The number of hydrogen-bond acceptors (Lipinski definition) is 7. The lowest BCUT2D eigenvalue weighted by Gasteiger charge is -2.31. The fourth-order valence-electron chi connectivity index (χ4n) is 4.17. The first-order valence-corrected chi connectivity index (χ1v) is 10.6. The van der Waals surface area contributed by atoms with E-state index in [2.05, 4.69) is 5.32 Å². The van der Waals surface area contributed by atoms with Crippen LogP contribution >= 0.6 is 0 Å². The molecular weight excluding hydrogens is 438 g/mol. The third-order valence-electron chi connectivity index (χ3n) is 5.96. The summed E-state index contributed by atoms with van der Waals surface area (Å²) in [5.41, 5.74) is 1.20. The predicted octanol–water partition coefficient (Wildman–Crippen LogP) is 2.37.